The Morgan fingerprint density at radius 3 is 2.53 bits per heavy atom. The van der Waals surface area contributed by atoms with Gasteiger partial charge in [-0.25, -0.2) is 8.78 Å². The van der Waals surface area contributed by atoms with E-state index in [0.29, 0.717) is 12.3 Å². The highest BCUT2D eigenvalue weighted by Gasteiger charge is 2.22. The highest BCUT2D eigenvalue weighted by molar-refractivity contribution is 6.30. The van der Waals surface area contributed by atoms with Crippen LogP contribution in [0.2, 0.25) is 5.02 Å². The van der Waals surface area contributed by atoms with Gasteiger partial charge in [0.1, 0.15) is 11.6 Å². The van der Waals surface area contributed by atoms with Crippen LogP contribution in [0.1, 0.15) is 43.8 Å². The lowest BCUT2D eigenvalue weighted by atomic mass is 9.95. The van der Waals surface area contributed by atoms with E-state index in [1.54, 1.807) is 0 Å². The van der Waals surface area contributed by atoms with E-state index >= 15 is 0 Å². The number of rotatable bonds is 3. The zero-order valence-corrected chi connectivity index (χ0v) is 10.2. The molecular weight excluding hydrogens is 246 g/mol. The summed E-state index contributed by atoms with van der Waals surface area (Å²) in [5, 5.41) is 9.68. The van der Waals surface area contributed by atoms with Gasteiger partial charge in [-0.1, -0.05) is 37.3 Å². The molecule has 0 saturated heterocycles. The van der Waals surface area contributed by atoms with Crippen LogP contribution >= 0.6 is 11.6 Å². The molecule has 1 nitrogen and oxygen atoms in total. The number of hydrogen-bond donors (Lipinski definition) is 1. The Labute approximate surface area is 104 Å². The van der Waals surface area contributed by atoms with E-state index < -0.39 is 17.7 Å². The molecule has 1 atom stereocenters. The van der Waals surface area contributed by atoms with Crippen LogP contribution in [0.4, 0.5) is 8.78 Å². The Kier molecular flexibility index (Phi) is 4.00. The minimum Gasteiger partial charge on any atom is -0.388 e. The zero-order valence-electron chi connectivity index (χ0n) is 9.43. The largest absolute Gasteiger partial charge is 0.388 e. The maximum absolute atomic E-state index is 13.5. The van der Waals surface area contributed by atoms with Crippen molar-refractivity contribution < 1.29 is 13.9 Å². The van der Waals surface area contributed by atoms with Crippen LogP contribution in [0.5, 0.6) is 0 Å². The van der Waals surface area contributed by atoms with Crippen LogP contribution in [0, 0.1) is 17.6 Å². The summed E-state index contributed by atoms with van der Waals surface area (Å²) in [4.78, 5) is 0. The molecule has 94 valence electrons. The third-order valence-corrected chi connectivity index (χ3v) is 3.72. The summed E-state index contributed by atoms with van der Waals surface area (Å²) in [5.74, 6) is -0.904. The monoisotopic (exact) mass is 260 g/mol. The standard InChI is InChI=1S/C13H15ClF2O/c14-10-7-11(15)9(6-12(10)16)13(17)5-8-3-1-2-4-8/h6-8,13,17H,1-5H2. The Bertz CT molecular complexity index is 403. The lowest BCUT2D eigenvalue weighted by molar-refractivity contribution is 0.140. The van der Waals surface area contributed by atoms with E-state index in [4.69, 9.17) is 11.6 Å². The smallest absolute Gasteiger partial charge is 0.142 e. The molecule has 0 aliphatic heterocycles. The SMILES string of the molecule is OC(CC1CCCC1)c1cc(F)c(Cl)cc1F. The molecule has 1 aromatic carbocycles. The Morgan fingerprint density at radius 1 is 1.24 bits per heavy atom. The Balaban J connectivity index is 2.12. The molecule has 0 amide bonds. The van der Waals surface area contributed by atoms with Gasteiger partial charge in [0.25, 0.3) is 0 Å². The fourth-order valence-corrected chi connectivity index (χ4v) is 2.63. The summed E-state index contributed by atoms with van der Waals surface area (Å²) in [7, 11) is 0. The maximum Gasteiger partial charge on any atom is 0.142 e. The topological polar surface area (TPSA) is 20.2 Å². The van der Waals surface area contributed by atoms with Crippen molar-refractivity contribution in [3.8, 4) is 0 Å². The van der Waals surface area contributed by atoms with E-state index in [2.05, 4.69) is 0 Å². The quantitative estimate of drug-likeness (QED) is 0.807. The molecule has 4 heteroatoms. The zero-order chi connectivity index (χ0) is 12.4. The highest BCUT2D eigenvalue weighted by Crippen LogP contribution is 2.34. The van der Waals surface area contributed by atoms with E-state index in [-0.39, 0.29) is 10.6 Å². The lowest BCUT2D eigenvalue weighted by Crippen LogP contribution is -2.07. The van der Waals surface area contributed by atoms with Crippen LogP contribution in [0.25, 0.3) is 0 Å². The number of halogens is 3. The van der Waals surface area contributed by atoms with Gasteiger partial charge < -0.3 is 5.11 Å². The second-order valence-corrected chi connectivity index (χ2v) is 5.10. The molecule has 0 spiro atoms. The maximum atomic E-state index is 13.5. The van der Waals surface area contributed by atoms with Gasteiger partial charge in [-0.2, -0.15) is 0 Å². The van der Waals surface area contributed by atoms with Crippen molar-refractivity contribution >= 4 is 11.6 Å². The van der Waals surface area contributed by atoms with Crippen molar-refractivity contribution in [3.63, 3.8) is 0 Å². The van der Waals surface area contributed by atoms with Gasteiger partial charge in [0.2, 0.25) is 0 Å². The summed E-state index contributed by atoms with van der Waals surface area (Å²) in [6.07, 6.45) is 4.01. The second kappa shape index (κ2) is 5.32. The second-order valence-electron chi connectivity index (χ2n) is 4.69. The van der Waals surface area contributed by atoms with Gasteiger partial charge in [-0.3, -0.25) is 0 Å². The summed E-state index contributed by atoms with van der Waals surface area (Å²) in [6, 6.07) is 1.92. The van der Waals surface area contributed by atoms with Gasteiger partial charge in [-0.05, 0) is 24.5 Å². The molecule has 1 N–H and O–H groups in total. The third kappa shape index (κ3) is 2.96. The van der Waals surface area contributed by atoms with Gasteiger partial charge in [0, 0.05) is 5.56 Å². The van der Waals surface area contributed by atoms with E-state index in [0.717, 1.165) is 37.8 Å². The molecule has 1 unspecified atom stereocenters. The minimum absolute atomic E-state index is 0.0128. The van der Waals surface area contributed by atoms with Crippen LogP contribution < -0.4 is 0 Å². The van der Waals surface area contributed by atoms with Crippen LogP contribution in [0.3, 0.4) is 0 Å². The number of benzene rings is 1. The normalized spacial score (nSPS) is 18.6. The summed E-state index contributed by atoms with van der Waals surface area (Å²) < 4.78 is 26.8. The molecule has 0 radical (unpaired) electrons. The fourth-order valence-electron chi connectivity index (χ4n) is 2.48. The molecule has 1 aliphatic rings. The predicted octanol–water partition coefficient (Wildman–Crippen LogP) is 4.23. The van der Waals surface area contributed by atoms with E-state index in [1.165, 1.54) is 0 Å². The first-order valence-corrected chi connectivity index (χ1v) is 6.28. The molecule has 0 bridgehead atoms. The number of aliphatic hydroxyl groups is 1. The molecule has 1 fully saturated rings. The average Bonchev–Trinajstić information content (AvgIpc) is 2.76. The van der Waals surface area contributed by atoms with Crippen LogP contribution in [-0.4, -0.2) is 5.11 Å². The van der Waals surface area contributed by atoms with E-state index in [1.807, 2.05) is 0 Å². The predicted molar refractivity (Wildman–Crippen MR) is 62.9 cm³/mol. The first kappa shape index (κ1) is 12.8. The number of aliphatic hydroxyl groups excluding tert-OH is 1. The summed E-state index contributed by atoms with van der Waals surface area (Å²) >= 11 is 5.46. The molecule has 1 aliphatic carbocycles. The van der Waals surface area contributed by atoms with Gasteiger partial charge in [0.05, 0.1) is 11.1 Å². The highest BCUT2D eigenvalue weighted by atomic mass is 35.5. The molecule has 1 aromatic rings. The molecular formula is C13H15ClF2O. The van der Waals surface area contributed by atoms with Gasteiger partial charge >= 0.3 is 0 Å². The molecule has 0 aromatic heterocycles. The molecule has 17 heavy (non-hydrogen) atoms. The van der Waals surface area contributed by atoms with Crippen molar-refractivity contribution in [1.29, 1.82) is 0 Å². The lowest BCUT2D eigenvalue weighted by Gasteiger charge is -2.16. The van der Waals surface area contributed by atoms with E-state index in [9.17, 15) is 13.9 Å². The molecule has 0 heterocycles. The Morgan fingerprint density at radius 2 is 1.88 bits per heavy atom. The average molecular weight is 261 g/mol. The van der Waals surface area contributed by atoms with Gasteiger partial charge in [0.15, 0.2) is 0 Å². The molecule has 2 rings (SSSR count). The van der Waals surface area contributed by atoms with Crippen LogP contribution in [-0.2, 0) is 0 Å². The van der Waals surface area contributed by atoms with Crippen molar-refractivity contribution in [2.24, 2.45) is 5.92 Å². The van der Waals surface area contributed by atoms with Crippen molar-refractivity contribution in [1.82, 2.24) is 0 Å². The van der Waals surface area contributed by atoms with Crippen molar-refractivity contribution in [2.75, 3.05) is 0 Å². The number of hydrogen-bond acceptors (Lipinski definition) is 1. The third-order valence-electron chi connectivity index (χ3n) is 3.43. The first-order valence-electron chi connectivity index (χ1n) is 5.90. The fraction of sp³-hybridized carbons (Fsp3) is 0.538. The molecule has 1 saturated carbocycles. The Hall–Kier alpha value is -0.670. The summed E-state index contributed by atoms with van der Waals surface area (Å²) in [5.41, 5.74) is 0.0128. The van der Waals surface area contributed by atoms with Crippen molar-refractivity contribution in [3.05, 3.63) is 34.4 Å². The minimum atomic E-state index is -0.940. The van der Waals surface area contributed by atoms with Crippen molar-refractivity contribution in [2.45, 2.75) is 38.2 Å². The van der Waals surface area contributed by atoms with Gasteiger partial charge in [-0.15, -0.1) is 0 Å². The summed E-state index contributed by atoms with van der Waals surface area (Å²) in [6.45, 7) is 0. The van der Waals surface area contributed by atoms with Crippen LogP contribution in [0.15, 0.2) is 12.1 Å². The first-order chi connectivity index (χ1) is 8.08.